The van der Waals surface area contributed by atoms with Gasteiger partial charge < -0.3 is 5.32 Å². The molecule has 0 aromatic heterocycles. The van der Waals surface area contributed by atoms with E-state index in [1.54, 1.807) is 0 Å². The number of amides is 1. The van der Waals surface area contributed by atoms with Gasteiger partial charge in [-0.3, -0.25) is 9.69 Å². The maximum Gasteiger partial charge on any atom is 0.237 e. The molecule has 1 saturated carbocycles. The molecular formula is C19H28N2O. The van der Waals surface area contributed by atoms with Gasteiger partial charge in [0.05, 0.1) is 6.04 Å². The third kappa shape index (κ3) is 3.19. The Labute approximate surface area is 134 Å². The number of nitrogens with zero attached hydrogens (tertiary/aromatic N) is 1. The maximum absolute atomic E-state index is 12.5. The van der Waals surface area contributed by atoms with Crippen molar-refractivity contribution in [3.05, 3.63) is 35.9 Å². The summed E-state index contributed by atoms with van der Waals surface area (Å²) in [6, 6.07) is 10.8. The van der Waals surface area contributed by atoms with Crippen LogP contribution < -0.4 is 5.32 Å². The molecule has 0 spiro atoms. The Kier molecular flexibility index (Phi) is 4.82. The fourth-order valence-corrected chi connectivity index (χ4v) is 4.11. The van der Waals surface area contributed by atoms with Crippen LogP contribution in [0.1, 0.15) is 51.0 Å². The zero-order chi connectivity index (χ0) is 15.4. The summed E-state index contributed by atoms with van der Waals surface area (Å²) in [7, 11) is 0. The van der Waals surface area contributed by atoms with E-state index in [1.165, 1.54) is 44.1 Å². The number of likely N-dealkylation sites (tertiary alicyclic amines) is 1. The zero-order valence-corrected chi connectivity index (χ0v) is 13.7. The molecule has 3 nitrogen and oxygen atoms in total. The maximum atomic E-state index is 12.5. The van der Waals surface area contributed by atoms with E-state index in [4.69, 9.17) is 0 Å². The Bertz CT molecular complexity index is 487. The average Bonchev–Trinajstić information content (AvgIpc) is 3.25. The lowest BCUT2D eigenvalue weighted by Crippen LogP contribution is -2.47. The Morgan fingerprint density at radius 3 is 2.41 bits per heavy atom. The first-order valence-electron chi connectivity index (χ1n) is 8.79. The van der Waals surface area contributed by atoms with Gasteiger partial charge in [0.2, 0.25) is 5.91 Å². The monoisotopic (exact) mass is 300 g/mol. The van der Waals surface area contributed by atoms with Crippen molar-refractivity contribution in [1.82, 2.24) is 10.2 Å². The highest BCUT2D eigenvalue weighted by Crippen LogP contribution is 2.40. The average molecular weight is 300 g/mol. The number of rotatable bonds is 5. The molecule has 1 saturated heterocycles. The number of benzene rings is 1. The zero-order valence-electron chi connectivity index (χ0n) is 13.7. The summed E-state index contributed by atoms with van der Waals surface area (Å²) in [6.45, 7) is 4.97. The fourth-order valence-electron chi connectivity index (χ4n) is 4.11. The summed E-state index contributed by atoms with van der Waals surface area (Å²) in [5.41, 5.74) is 1.54. The van der Waals surface area contributed by atoms with Gasteiger partial charge in [0.25, 0.3) is 0 Å². The van der Waals surface area contributed by atoms with Gasteiger partial charge >= 0.3 is 0 Å². The van der Waals surface area contributed by atoms with Gasteiger partial charge in [-0.05, 0) is 51.3 Å². The molecule has 3 rings (SSSR count). The van der Waals surface area contributed by atoms with Gasteiger partial charge in [0.15, 0.2) is 0 Å². The molecule has 120 valence electrons. The second-order valence-electron chi connectivity index (χ2n) is 6.99. The predicted molar refractivity (Wildman–Crippen MR) is 89.9 cm³/mol. The Hall–Kier alpha value is -1.35. The van der Waals surface area contributed by atoms with Crippen LogP contribution in [0.2, 0.25) is 0 Å². The first-order valence-corrected chi connectivity index (χ1v) is 8.79. The number of hydrogen-bond donors (Lipinski definition) is 1. The molecule has 1 aliphatic heterocycles. The fraction of sp³-hybridized carbons (Fsp3) is 0.632. The third-order valence-electron chi connectivity index (χ3n) is 5.62. The van der Waals surface area contributed by atoms with Crippen molar-refractivity contribution in [3.8, 4) is 0 Å². The molecule has 1 atom stereocenters. The van der Waals surface area contributed by atoms with Crippen molar-refractivity contribution < 1.29 is 4.79 Å². The van der Waals surface area contributed by atoms with Gasteiger partial charge in [-0.1, -0.05) is 43.2 Å². The number of hydrogen-bond acceptors (Lipinski definition) is 2. The lowest BCUT2D eigenvalue weighted by Gasteiger charge is -2.31. The van der Waals surface area contributed by atoms with Crippen LogP contribution in [0.15, 0.2) is 30.3 Å². The van der Waals surface area contributed by atoms with Gasteiger partial charge in [-0.2, -0.15) is 0 Å². The van der Waals surface area contributed by atoms with E-state index in [9.17, 15) is 4.79 Å². The van der Waals surface area contributed by atoms with Gasteiger partial charge in [-0.15, -0.1) is 0 Å². The van der Waals surface area contributed by atoms with Crippen molar-refractivity contribution in [2.45, 2.75) is 56.9 Å². The Morgan fingerprint density at radius 2 is 1.77 bits per heavy atom. The van der Waals surface area contributed by atoms with Crippen LogP contribution >= 0.6 is 0 Å². The molecule has 0 bridgehead atoms. The predicted octanol–water partition coefficient (Wildman–Crippen LogP) is 3.10. The van der Waals surface area contributed by atoms with E-state index in [-0.39, 0.29) is 17.4 Å². The van der Waals surface area contributed by atoms with E-state index in [0.29, 0.717) is 0 Å². The van der Waals surface area contributed by atoms with Crippen LogP contribution in [0.3, 0.4) is 0 Å². The van der Waals surface area contributed by atoms with Gasteiger partial charge in [0.1, 0.15) is 0 Å². The minimum absolute atomic E-state index is 0.0109. The van der Waals surface area contributed by atoms with Crippen LogP contribution in [0.5, 0.6) is 0 Å². The molecule has 2 aliphatic rings. The standard InChI is InChI=1S/C19H28N2O/c1-16(21-13-7-8-14-21)18(22)20-15-19(11-5-6-12-19)17-9-3-2-4-10-17/h2-4,9-10,16H,5-8,11-15H2,1H3,(H,20,22)/t16-/m1/s1. The van der Waals surface area contributed by atoms with E-state index >= 15 is 0 Å². The van der Waals surface area contributed by atoms with Crippen molar-refractivity contribution >= 4 is 5.91 Å². The van der Waals surface area contributed by atoms with E-state index in [0.717, 1.165) is 19.6 Å². The normalized spacial score (nSPS) is 22.6. The van der Waals surface area contributed by atoms with E-state index in [1.807, 2.05) is 6.92 Å². The molecular weight excluding hydrogens is 272 g/mol. The molecule has 1 heterocycles. The third-order valence-corrected chi connectivity index (χ3v) is 5.62. The number of nitrogens with one attached hydrogen (secondary N) is 1. The summed E-state index contributed by atoms with van der Waals surface area (Å²) in [5.74, 6) is 0.198. The summed E-state index contributed by atoms with van der Waals surface area (Å²) in [4.78, 5) is 14.8. The molecule has 3 heteroatoms. The summed E-state index contributed by atoms with van der Waals surface area (Å²) in [5, 5.41) is 3.26. The minimum Gasteiger partial charge on any atom is -0.354 e. The molecule has 1 aliphatic carbocycles. The topological polar surface area (TPSA) is 32.3 Å². The smallest absolute Gasteiger partial charge is 0.237 e. The van der Waals surface area contributed by atoms with Crippen molar-refractivity contribution in [1.29, 1.82) is 0 Å². The van der Waals surface area contributed by atoms with Gasteiger partial charge in [0, 0.05) is 12.0 Å². The van der Waals surface area contributed by atoms with Crippen LogP contribution in [0, 0.1) is 0 Å². The lowest BCUT2D eigenvalue weighted by atomic mass is 9.79. The largest absolute Gasteiger partial charge is 0.354 e. The minimum atomic E-state index is 0.0109. The first kappa shape index (κ1) is 15.5. The first-order chi connectivity index (χ1) is 10.7. The summed E-state index contributed by atoms with van der Waals surface area (Å²) in [6.07, 6.45) is 7.38. The van der Waals surface area contributed by atoms with Crippen LogP contribution in [-0.4, -0.2) is 36.5 Å². The highest BCUT2D eigenvalue weighted by atomic mass is 16.2. The molecule has 0 unspecified atom stereocenters. The Balaban J connectivity index is 1.64. The second-order valence-corrected chi connectivity index (χ2v) is 6.99. The lowest BCUT2D eigenvalue weighted by molar-refractivity contribution is -0.125. The molecule has 1 aromatic carbocycles. The molecule has 22 heavy (non-hydrogen) atoms. The van der Waals surface area contributed by atoms with E-state index in [2.05, 4.69) is 40.5 Å². The summed E-state index contributed by atoms with van der Waals surface area (Å²) < 4.78 is 0. The van der Waals surface area contributed by atoms with Crippen LogP contribution in [0.25, 0.3) is 0 Å². The van der Waals surface area contributed by atoms with Crippen LogP contribution in [-0.2, 0) is 10.2 Å². The quantitative estimate of drug-likeness (QED) is 0.906. The van der Waals surface area contributed by atoms with E-state index < -0.39 is 0 Å². The molecule has 0 radical (unpaired) electrons. The highest BCUT2D eigenvalue weighted by Gasteiger charge is 2.36. The van der Waals surface area contributed by atoms with Crippen LogP contribution in [0.4, 0.5) is 0 Å². The number of carbonyl (C=O) groups excluding carboxylic acids is 1. The van der Waals surface area contributed by atoms with Crippen molar-refractivity contribution in [3.63, 3.8) is 0 Å². The second kappa shape index (κ2) is 6.82. The van der Waals surface area contributed by atoms with Crippen molar-refractivity contribution in [2.75, 3.05) is 19.6 Å². The SMILES string of the molecule is C[C@H](C(=O)NCC1(c2ccccc2)CCCC1)N1CCCC1. The molecule has 1 N–H and O–H groups in total. The molecule has 1 aromatic rings. The van der Waals surface area contributed by atoms with Gasteiger partial charge in [-0.25, -0.2) is 0 Å². The molecule has 1 amide bonds. The summed E-state index contributed by atoms with van der Waals surface area (Å²) >= 11 is 0. The highest BCUT2D eigenvalue weighted by molar-refractivity contribution is 5.81. The number of carbonyl (C=O) groups is 1. The molecule has 2 fully saturated rings. The Morgan fingerprint density at radius 1 is 1.14 bits per heavy atom. The van der Waals surface area contributed by atoms with Crippen molar-refractivity contribution in [2.24, 2.45) is 0 Å².